The van der Waals surface area contributed by atoms with E-state index in [9.17, 15) is 14.7 Å². The topological polar surface area (TPSA) is 87.0 Å². The van der Waals surface area contributed by atoms with Gasteiger partial charge in [0.1, 0.15) is 5.69 Å². The van der Waals surface area contributed by atoms with Gasteiger partial charge in [-0.05, 0) is 6.42 Å². The summed E-state index contributed by atoms with van der Waals surface area (Å²) in [5.41, 5.74) is 0.0437. The SMILES string of the molecule is CCCCOc1c2n(ccc1=O)[C@@H]1COC[C@@H]1C(C(=O)OC)=C2O. The average molecular weight is 335 g/mol. The lowest BCUT2D eigenvalue weighted by Gasteiger charge is -2.31. The Labute approximate surface area is 139 Å². The number of pyridine rings is 1. The fourth-order valence-electron chi connectivity index (χ4n) is 3.25. The molecule has 2 aliphatic heterocycles. The van der Waals surface area contributed by atoms with Crippen LogP contribution in [0.25, 0.3) is 5.76 Å². The molecule has 1 saturated heterocycles. The van der Waals surface area contributed by atoms with Crippen molar-refractivity contribution in [2.45, 2.75) is 25.8 Å². The zero-order chi connectivity index (χ0) is 17.3. The van der Waals surface area contributed by atoms with Crippen molar-refractivity contribution in [1.29, 1.82) is 0 Å². The number of fused-ring (bicyclic) bond motifs is 3. The molecule has 7 nitrogen and oxygen atoms in total. The first-order valence-corrected chi connectivity index (χ1v) is 8.07. The van der Waals surface area contributed by atoms with Crippen LogP contribution in [0.4, 0.5) is 0 Å². The Morgan fingerprint density at radius 2 is 2.25 bits per heavy atom. The van der Waals surface area contributed by atoms with E-state index in [-0.39, 0.29) is 40.2 Å². The number of nitrogens with zero attached hydrogens (tertiary/aromatic N) is 1. The van der Waals surface area contributed by atoms with E-state index < -0.39 is 5.97 Å². The van der Waals surface area contributed by atoms with Gasteiger partial charge in [0.25, 0.3) is 0 Å². The van der Waals surface area contributed by atoms with E-state index in [2.05, 4.69) is 0 Å². The zero-order valence-corrected chi connectivity index (χ0v) is 13.8. The monoisotopic (exact) mass is 335 g/mol. The Morgan fingerprint density at radius 1 is 1.46 bits per heavy atom. The highest BCUT2D eigenvalue weighted by Crippen LogP contribution is 2.43. The lowest BCUT2D eigenvalue weighted by molar-refractivity contribution is -0.137. The predicted octanol–water partition coefficient (Wildman–Crippen LogP) is 1.67. The predicted molar refractivity (Wildman–Crippen MR) is 86.0 cm³/mol. The summed E-state index contributed by atoms with van der Waals surface area (Å²) in [7, 11) is 1.26. The number of hydrogen-bond acceptors (Lipinski definition) is 6. The number of methoxy groups -OCH3 is 1. The number of esters is 1. The van der Waals surface area contributed by atoms with Crippen LogP contribution < -0.4 is 10.2 Å². The number of carbonyl (C=O) groups excluding carboxylic acids is 1. The van der Waals surface area contributed by atoms with E-state index in [1.165, 1.54) is 13.2 Å². The number of carbonyl (C=O) groups is 1. The molecule has 3 rings (SSSR count). The summed E-state index contributed by atoms with van der Waals surface area (Å²) < 4.78 is 17.7. The molecule has 0 unspecified atom stereocenters. The van der Waals surface area contributed by atoms with E-state index >= 15 is 0 Å². The lowest BCUT2D eigenvalue weighted by Crippen LogP contribution is -2.33. The second-order valence-corrected chi connectivity index (χ2v) is 5.93. The van der Waals surface area contributed by atoms with E-state index in [4.69, 9.17) is 14.2 Å². The standard InChI is InChI=1S/C17H21NO6/c1-3-4-7-24-16-12(19)5-6-18-11-9-23-8-10(11)13(17(21)22-2)15(20)14(16)18/h5-6,10-11,20H,3-4,7-9H2,1-2H3/t10-,11+/m0/s1. The minimum atomic E-state index is -0.616. The lowest BCUT2D eigenvalue weighted by atomic mass is 9.88. The molecule has 0 bridgehead atoms. The van der Waals surface area contributed by atoms with Gasteiger partial charge in [0.05, 0.1) is 38.5 Å². The molecule has 2 atom stereocenters. The van der Waals surface area contributed by atoms with Crippen molar-refractivity contribution < 1.29 is 24.1 Å². The van der Waals surface area contributed by atoms with E-state index in [0.29, 0.717) is 19.8 Å². The number of hydrogen-bond donors (Lipinski definition) is 1. The maximum atomic E-state index is 12.2. The quantitative estimate of drug-likeness (QED) is 0.651. The van der Waals surface area contributed by atoms with Gasteiger partial charge in [-0.15, -0.1) is 0 Å². The van der Waals surface area contributed by atoms with Crippen LogP contribution in [0.2, 0.25) is 0 Å². The third-order valence-electron chi connectivity index (χ3n) is 4.49. The van der Waals surface area contributed by atoms with Crippen molar-refractivity contribution >= 4 is 11.7 Å². The summed E-state index contributed by atoms with van der Waals surface area (Å²) >= 11 is 0. The molecule has 1 N–H and O–H groups in total. The van der Waals surface area contributed by atoms with Gasteiger partial charge in [0.15, 0.2) is 11.5 Å². The van der Waals surface area contributed by atoms with Crippen molar-refractivity contribution in [3.8, 4) is 5.75 Å². The summed E-state index contributed by atoms with van der Waals surface area (Å²) in [4.78, 5) is 24.4. The minimum absolute atomic E-state index is 0.0650. The molecule has 7 heteroatoms. The van der Waals surface area contributed by atoms with Crippen LogP contribution in [0.1, 0.15) is 31.5 Å². The van der Waals surface area contributed by atoms with Crippen molar-refractivity contribution in [2.24, 2.45) is 5.92 Å². The summed E-state index contributed by atoms with van der Waals surface area (Å²) in [5, 5.41) is 10.7. The molecule has 0 aromatic carbocycles. The number of aliphatic hydroxyl groups is 1. The van der Waals surface area contributed by atoms with Crippen LogP contribution in [0.3, 0.4) is 0 Å². The van der Waals surface area contributed by atoms with Crippen LogP contribution in [0.15, 0.2) is 22.6 Å². The second-order valence-electron chi connectivity index (χ2n) is 5.93. The number of rotatable bonds is 5. The summed E-state index contributed by atoms with van der Waals surface area (Å²) in [6.07, 6.45) is 3.32. The minimum Gasteiger partial charge on any atom is -0.505 e. The summed E-state index contributed by atoms with van der Waals surface area (Å²) in [5.74, 6) is -1.13. The smallest absolute Gasteiger partial charge is 0.338 e. The number of aromatic nitrogens is 1. The highest BCUT2D eigenvalue weighted by Gasteiger charge is 2.44. The van der Waals surface area contributed by atoms with Crippen LogP contribution in [-0.4, -0.2) is 42.6 Å². The molecule has 0 spiro atoms. The highest BCUT2D eigenvalue weighted by molar-refractivity contribution is 5.97. The van der Waals surface area contributed by atoms with Gasteiger partial charge >= 0.3 is 5.97 Å². The molecule has 1 aromatic heterocycles. The van der Waals surface area contributed by atoms with Gasteiger partial charge in [0.2, 0.25) is 5.43 Å². The van der Waals surface area contributed by atoms with Crippen molar-refractivity contribution in [3.05, 3.63) is 33.8 Å². The Kier molecular flexibility index (Phi) is 4.62. The molecule has 0 radical (unpaired) electrons. The van der Waals surface area contributed by atoms with Crippen molar-refractivity contribution in [1.82, 2.24) is 4.57 Å². The van der Waals surface area contributed by atoms with Gasteiger partial charge in [0, 0.05) is 18.2 Å². The second kappa shape index (κ2) is 6.68. The zero-order valence-electron chi connectivity index (χ0n) is 13.8. The first-order chi connectivity index (χ1) is 11.6. The first-order valence-electron chi connectivity index (χ1n) is 8.07. The largest absolute Gasteiger partial charge is 0.505 e. The third kappa shape index (κ3) is 2.58. The third-order valence-corrected chi connectivity index (χ3v) is 4.49. The molecule has 0 amide bonds. The van der Waals surface area contributed by atoms with Crippen molar-refractivity contribution in [2.75, 3.05) is 26.9 Å². The Hall–Kier alpha value is -2.28. The summed E-state index contributed by atoms with van der Waals surface area (Å²) in [6, 6.07) is 1.23. The molecular formula is C17H21NO6. The number of ether oxygens (including phenoxy) is 3. The summed E-state index contributed by atoms with van der Waals surface area (Å²) in [6.45, 7) is 3.09. The molecule has 24 heavy (non-hydrogen) atoms. The molecule has 0 aliphatic carbocycles. The number of aliphatic hydroxyl groups excluding tert-OH is 1. The molecule has 0 saturated carbocycles. The van der Waals surface area contributed by atoms with Crippen LogP contribution in [0.5, 0.6) is 5.75 Å². The number of unbranched alkanes of at least 4 members (excludes halogenated alkanes) is 1. The molecule has 2 aliphatic rings. The molecule has 3 heterocycles. The Bertz CT molecular complexity index is 735. The van der Waals surface area contributed by atoms with Gasteiger partial charge in [-0.1, -0.05) is 13.3 Å². The molecular weight excluding hydrogens is 314 g/mol. The maximum Gasteiger partial charge on any atom is 0.338 e. The Morgan fingerprint density at radius 3 is 2.96 bits per heavy atom. The van der Waals surface area contributed by atoms with Gasteiger partial charge in [-0.2, -0.15) is 0 Å². The fraction of sp³-hybridized carbons (Fsp3) is 0.529. The van der Waals surface area contributed by atoms with E-state index in [1.54, 1.807) is 10.8 Å². The van der Waals surface area contributed by atoms with Gasteiger partial charge in [-0.3, -0.25) is 4.79 Å². The first kappa shape index (κ1) is 16.6. The van der Waals surface area contributed by atoms with Crippen LogP contribution >= 0.6 is 0 Å². The van der Waals surface area contributed by atoms with Crippen LogP contribution in [-0.2, 0) is 14.3 Å². The van der Waals surface area contributed by atoms with Gasteiger partial charge in [-0.25, -0.2) is 4.79 Å². The van der Waals surface area contributed by atoms with E-state index in [1.807, 2.05) is 6.92 Å². The molecule has 1 aromatic rings. The fourth-order valence-corrected chi connectivity index (χ4v) is 3.25. The normalized spacial score (nSPS) is 22.1. The average Bonchev–Trinajstić information content (AvgIpc) is 3.05. The molecule has 1 fully saturated rings. The van der Waals surface area contributed by atoms with Crippen LogP contribution in [0, 0.1) is 5.92 Å². The van der Waals surface area contributed by atoms with Crippen molar-refractivity contribution in [3.63, 3.8) is 0 Å². The highest BCUT2D eigenvalue weighted by atomic mass is 16.5. The molecule has 130 valence electrons. The van der Waals surface area contributed by atoms with Gasteiger partial charge < -0.3 is 23.9 Å². The van der Waals surface area contributed by atoms with E-state index in [0.717, 1.165) is 12.8 Å². The maximum absolute atomic E-state index is 12.2. The Balaban J connectivity index is 2.16.